The summed E-state index contributed by atoms with van der Waals surface area (Å²) in [5.74, 6) is 0. The van der Waals surface area contributed by atoms with Crippen molar-refractivity contribution in [3.63, 3.8) is 0 Å². The highest BCUT2D eigenvalue weighted by Gasteiger charge is 2.15. The maximum absolute atomic E-state index is 10.9. The summed E-state index contributed by atoms with van der Waals surface area (Å²) in [5, 5.41) is 10.9. The van der Waals surface area contributed by atoms with Crippen LogP contribution in [-0.2, 0) is 11.3 Å². The molecule has 0 bridgehead atoms. The molecular formula is C15H24ClNO3Si. The largest absolute Gasteiger partial charge is 0.377 e. The second kappa shape index (κ2) is 9.18. The molecule has 1 rings (SSSR count). The molecule has 0 aliphatic rings. The Morgan fingerprint density at radius 3 is 2.52 bits per heavy atom. The zero-order valence-corrected chi connectivity index (χ0v) is 14.6. The van der Waals surface area contributed by atoms with E-state index >= 15 is 0 Å². The van der Waals surface area contributed by atoms with Crippen LogP contribution in [0.4, 0.5) is 5.69 Å². The van der Waals surface area contributed by atoms with E-state index in [9.17, 15) is 10.1 Å². The molecule has 0 fully saturated rings. The summed E-state index contributed by atoms with van der Waals surface area (Å²) < 4.78 is 5.54. The zero-order chi connectivity index (χ0) is 15.7. The average Bonchev–Trinajstić information content (AvgIpc) is 2.41. The summed E-state index contributed by atoms with van der Waals surface area (Å²) >= 11 is 6.26. The normalized spacial score (nSPS) is 11.6. The Bertz CT molecular complexity index is 449. The van der Waals surface area contributed by atoms with Crippen LogP contribution >= 0.6 is 11.1 Å². The predicted octanol–water partition coefficient (Wildman–Crippen LogP) is 5.12. The minimum atomic E-state index is -1.42. The number of unbranched alkanes of at least 4 members (excludes halogenated alkanes) is 3. The van der Waals surface area contributed by atoms with Gasteiger partial charge in [0, 0.05) is 12.7 Å². The van der Waals surface area contributed by atoms with E-state index in [1.807, 2.05) is 0 Å². The third-order valence-corrected chi connectivity index (χ3v) is 5.37. The highest BCUT2D eigenvalue weighted by molar-refractivity contribution is 7.19. The van der Waals surface area contributed by atoms with E-state index in [1.54, 1.807) is 18.2 Å². The lowest BCUT2D eigenvalue weighted by Gasteiger charge is -2.11. The van der Waals surface area contributed by atoms with Gasteiger partial charge >= 0.3 is 0 Å². The van der Waals surface area contributed by atoms with Gasteiger partial charge in [-0.05, 0) is 18.5 Å². The Morgan fingerprint density at radius 1 is 1.19 bits per heavy atom. The summed E-state index contributed by atoms with van der Waals surface area (Å²) in [7, 11) is -1.42. The maximum Gasteiger partial charge on any atom is 0.274 e. The molecule has 0 unspecified atom stereocenters. The van der Waals surface area contributed by atoms with Gasteiger partial charge in [-0.25, -0.2) is 0 Å². The van der Waals surface area contributed by atoms with Gasteiger partial charge in [-0.3, -0.25) is 10.1 Å². The van der Waals surface area contributed by atoms with Gasteiger partial charge in [0.15, 0.2) is 0 Å². The van der Waals surface area contributed by atoms with Crippen molar-refractivity contribution in [1.82, 2.24) is 0 Å². The minimum absolute atomic E-state index is 0.131. The molecule has 0 atom stereocenters. The van der Waals surface area contributed by atoms with Crippen LogP contribution in [-0.4, -0.2) is 18.9 Å². The molecule has 21 heavy (non-hydrogen) atoms. The molecule has 0 aromatic heterocycles. The second-order valence-corrected chi connectivity index (χ2v) is 12.8. The van der Waals surface area contributed by atoms with E-state index in [1.165, 1.54) is 18.9 Å². The van der Waals surface area contributed by atoms with Crippen LogP contribution in [0.1, 0.15) is 31.2 Å². The predicted molar refractivity (Wildman–Crippen MR) is 89.4 cm³/mol. The van der Waals surface area contributed by atoms with Crippen LogP contribution in [0.15, 0.2) is 24.3 Å². The molecule has 0 N–H and O–H groups in total. The van der Waals surface area contributed by atoms with Crippen LogP contribution in [0.3, 0.4) is 0 Å². The van der Waals surface area contributed by atoms with Crippen molar-refractivity contribution >= 4 is 24.2 Å². The zero-order valence-electron chi connectivity index (χ0n) is 12.8. The Labute approximate surface area is 132 Å². The van der Waals surface area contributed by atoms with Gasteiger partial charge in [-0.1, -0.05) is 44.5 Å². The van der Waals surface area contributed by atoms with Crippen LogP contribution in [0, 0.1) is 10.1 Å². The lowest BCUT2D eigenvalue weighted by molar-refractivity contribution is -0.385. The molecule has 4 nitrogen and oxygen atoms in total. The number of para-hydroxylation sites is 1. The lowest BCUT2D eigenvalue weighted by atomic mass is 10.2. The highest BCUT2D eigenvalue weighted by atomic mass is 35.6. The number of nitrogens with zero attached hydrogens (tertiary/aromatic N) is 1. The van der Waals surface area contributed by atoms with Crippen LogP contribution < -0.4 is 0 Å². The molecule has 1 aromatic carbocycles. The summed E-state index contributed by atoms with van der Waals surface area (Å²) in [6, 6.07) is 7.88. The maximum atomic E-state index is 10.9. The van der Waals surface area contributed by atoms with Crippen molar-refractivity contribution in [2.45, 2.75) is 51.4 Å². The van der Waals surface area contributed by atoms with Gasteiger partial charge in [0.25, 0.3) is 5.69 Å². The Kier molecular flexibility index (Phi) is 7.92. The van der Waals surface area contributed by atoms with Crippen LogP contribution in [0.2, 0.25) is 19.1 Å². The molecule has 0 amide bonds. The van der Waals surface area contributed by atoms with Crippen molar-refractivity contribution in [1.29, 1.82) is 0 Å². The topological polar surface area (TPSA) is 52.4 Å². The van der Waals surface area contributed by atoms with Gasteiger partial charge in [-0.15, -0.1) is 0 Å². The SMILES string of the molecule is C[Si](C)(Cl)CCCCCCOCc1ccccc1[N+](=O)[O-]. The standard InChI is InChI=1S/C15H24ClNO3Si/c1-21(2,16)12-8-4-3-7-11-20-13-14-9-5-6-10-15(14)17(18)19/h5-6,9-10H,3-4,7-8,11-13H2,1-2H3. The summed E-state index contributed by atoms with van der Waals surface area (Å²) in [6.45, 7) is 5.29. The molecule has 1 aromatic rings. The van der Waals surface area contributed by atoms with Gasteiger partial charge in [0.2, 0.25) is 0 Å². The molecular weight excluding hydrogens is 306 g/mol. The number of hydrogen-bond acceptors (Lipinski definition) is 3. The number of benzene rings is 1. The number of nitro groups is 1. The third kappa shape index (κ3) is 8.19. The highest BCUT2D eigenvalue weighted by Crippen LogP contribution is 2.20. The van der Waals surface area contributed by atoms with E-state index in [-0.39, 0.29) is 10.6 Å². The second-order valence-electron chi connectivity index (χ2n) is 5.82. The fourth-order valence-electron chi connectivity index (χ4n) is 2.10. The number of nitro benzene ring substituents is 1. The smallest absolute Gasteiger partial charge is 0.274 e. The van der Waals surface area contributed by atoms with Crippen molar-refractivity contribution in [3.8, 4) is 0 Å². The first-order valence-corrected chi connectivity index (χ1v) is 11.6. The van der Waals surface area contributed by atoms with Crippen molar-refractivity contribution < 1.29 is 9.66 Å². The number of rotatable bonds is 10. The van der Waals surface area contributed by atoms with E-state index in [4.69, 9.17) is 15.8 Å². The molecule has 0 saturated carbocycles. The first-order valence-electron chi connectivity index (χ1n) is 7.39. The van der Waals surface area contributed by atoms with Crippen LogP contribution in [0.5, 0.6) is 0 Å². The Hall–Kier alpha value is -0.913. The quantitative estimate of drug-likeness (QED) is 0.197. The van der Waals surface area contributed by atoms with Crippen LogP contribution in [0.25, 0.3) is 0 Å². The molecule has 0 aliphatic carbocycles. The molecule has 0 heterocycles. The van der Waals surface area contributed by atoms with E-state index < -0.39 is 7.38 Å². The minimum Gasteiger partial charge on any atom is -0.377 e. The molecule has 0 spiro atoms. The number of halogens is 1. The van der Waals surface area contributed by atoms with E-state index in [2.05, 4.69) is 13.1 Å². The van der Waals surface area contributed by atoms with Crippen molar-refractivity contribution in [2.24, 2.45) is 0 Å². The summed E-state index contributed by atoms with van der Waals surface area (Å²) in [4.78, 5) is 10.5. The molecule has 0 saturated heterocycles. The number of ether oxygens (including phenoxy) is 1. The fraction of sp³-hybridized carbons (Fsp3) is 0.600. The van der Waals surface area contributed by atoms with Gasteiger partial charge in [0.1, 0.15) is 7.38 Å². The number of hydrogen-bond donors (Lipinski definition) is 0. The fourth-order valence-corrected chi connectivity index (χ4v) is 3.59. The Morgan fingerprint density at radius 2 is 1.86 bits per heavy atom. The Balaban J connectivity index is 2.14. The summed E-state index contributed by atoms with van der Waals surface area (Å²) in [6.07, 6.45) is 4.48. The van der Waals surface area contributed by atoms with Gasteiger partial charge in [0.05, 0.1) is 17.1 Å². The van der Waals surface area contributed by atoms with Gasteiger partial charge < -0.3 is 4.74 Å². The van der Waals surface area contributed by atoms with E-state index in [0.717, 1.165) is 18.9 Å². The lowest BCUT2D eigenvalue weighted by Crippen LogP contribution is -2.14. The molecule has 118 valence electrons. The van der Waals surface area contributed by atoms with Crippen molar-refractivity contribution in [3.05, 3.63) is 39.9 Å². The first kappa shape index (κ1) is 18.1. The van der Waals surface area contributed by atoms with Gasteiger partial charge in [-0.2, -0.15) is 11.1 Å². The summed E-state index contributed by atoms with van der Waals surface area (Å²) in [5.41, 5.74) is 0.768. The molecule has 6 heteroatoms. The monoisotopic (exact) mass is 329 g/mol. The van der Waals surface area contributed by atoms with Crippen molar-refractivity contribution in [2.75, 3.05) is 6.61 Å². The first-order chi connectivity index (χ1) is 9.90. The van der Waals surface area contributed by atoms with E-state index in [0.29, 0.717) is 18.8 Å². The average molecular weight is 330 g/mol. The molecule has 0 radical (unpaired) electrons. The third-order valence-electron chi connectivity index (χ3n) is 3.26. The molecule has 0 aliphatic heterocycles.